The molecule has 2 fully saturated rings. The van der Waals surface area contributed by atoms with Gasteiger partial charge in [0, 0.05) is 12.6 Å². The van der Waals surface area contributed by atoms with Crippen molar-refractivity contribution in [3.05, 3.63) is 0 Å². The van der Waals surface area contributed by atoms with Gasteiger partial charge in [0.1, 0.15) is 0 Å². The first-order valence-electron chi connectivity index (χ1n) is 9.91. The van der Waals surface area contributed by atoms with Crippen molar-refractivity contribution < 1.29 is 22.7 Å². The third-order valence-electron chi connectivity index (χ3n) is 5.46. The highest BCUT2D eigenvalue weighted by Crippen LogP contribution is 2.27. The Kier molecular flexibility index (Phi) is 8.16. The number of nitrogens with zero attached hydrogens (tertiary/aromatic N) is 1. The van der Waals surface area contributed by atoms with Crippen molar-refractivity contribution >= 4 is 16.1 Å². The number of rotatable bonds is 7. The molecule has 2 atom stereocenters. The third kappa shape index (κ3) is 6.09. The van der Waals surface area contributed by atoms with E-state index >= 15 is 0 Å². The summed E-state index contributed by atoms with van der Waals surface area (Å²) in [7, 11) is -3.35. The van der Waals surface area contributed by atoms with Crippen LogP contribution in [0.15, 0.2) is 0 Å². The molecule has 0 aromatic heterocycles. The molecule has 7 nitrogen and oxygen atoms in total. The van der Waals surface area contributed by atoms with Gasteiger partial charge in [-0.05, 0) is 58.3 Å². The molecule has 0 spiro atoms. The van der Waals surface area contributed by atoms with Crippen molar-refractivity contribution in [3.63, 3.8) is 0 Å². The number of ether oxygens (including phenoxy) is 2. The van der Waals surface area contributed by atoms with Gasteiger partial charge >= 0.3 is 6.09 Å². The van der Waals surface area contributed by atoms with E-state index in [0.29, 0.717) is 26.2 Å². The van der Waals surface area contributed by atoms with Crippen LogP contribution in [0.5, 0.6) is 0 Å². The maximum absolute atomic E-state index is 12.4. The van der Waals surface area contributed by atoms with Gasteiger partial charge in [-0.3, -0.25) is 0 Å². The van der Waals surface area contributed by atoms with Gasteiger partial charge in [-0.2, -0.15) is 0 Å². The summed E-state index contributed by atoms with van der Waals surface area (Å²) in [5.74, 6) is 0.765. The molecule has 0 radical (unpaired) electrons. The fraction of sp³-hybridized carbons (Fsp3) is 0.944. The lowest BCUT2D eigenvalue weighted by molar-refractivity contribution is -0.0285. The summed E-state index contributed by atoms with van der Waals surface area (Å²) in [6, 6.07) is -0.663. The SMILES string of the molecule is CCOC(=O)N1CCCC(NS(=O)(=O)CC)C1COC1CCC(C)CC1. The molecule has 8 heteroatoms. The van der Waals surface area contributed by atoms with E-state index in [-0.39, 0.29) is 23.9 Å². The Morgan fingerprint density at radius 1 is 1.15 bits per heavy atom. The highest BCUT2D eigenvalue weighted by molar-refractivity contribution is 7.89. The quantitative estimate of drug-likeness (QED) is 0.722. The Morgan fingerprint density at radius 3 is 2.46 bits per heavy atom. The van der Waals surface area contributed by atoms with Gasteiger partial charge in [-0.15, -0.1) is 0 Å². The number of piperidine rings is 1. The Morgan fingerprint density at radius 2 is 1.85 bits per heavy atom. The standard InChI is InChI=1S/C18H34N2O5S/c1-4-24-18(21)20-12-6-7-16(19-26(22,23)5-2)17(20)13-25-15-10-8-14(3)9-11-15/h14-17,19H,4-13H2,1-3H3. The zero-order valence-corrected chi connectivity index (χ0v) is 17.1. The predicted molar refractivity (Wildman–Crippen MR) is 101 cm³/mol. The van der Waals surface area contributed by atoms with Crippen LogP contribution in [0.2, 0.25) is 0 Å². The highest BCUT2D eigenvalue weighted by atomic mass is 32.2. The lowest BCUT2D eigenvalue weighted by atomic mass is 9.89. The van der Waals surface area contributed by atoms with Crippen molar-refractivity contribution in [1.82, 2.24) is 9.62 Å². The van der Waals surface area contributed by atoms with Gasteiger partial charge in [0.05, 0.1) is 31.1 Å². The summed E-state index contributed by atoms with van der Waals surface area (Å²) in [4.78, 5) is 14.0. The molecular weight excluding hydrogens is 356 g/mol. The average molecular weight is 391 g/mol. The maximum atomic E-state index is 12.4. The summed E-state index contributed by atoms with van der Waals surface area (Å²) < 4.78 is 38.2. The van der Waals surface area contributed by atoms with Crippen LogP contribution in [0.3, 0.4) is 0 Å². The molecule has 1 amide bonds. The van der Waals surface area contributed by atoms with E-state index in [9.17, 15) is 13.2 Å². The second kappa shape index (κ2) is 9.90. The lowest BCUT2D eigenvalue weighted by Crippen LogP contribution is -2.59. The normalized spacial score (nSPS) is 30.2. The van der Waals surface area contributed by atoms with Crippen LogP contribution in [0.4, 0.5) is 4.79 Å². The molecule has 0 aromatic carbocycles. The molecule has 1 saturated heterocycles. The molecule has 152 valence electrons. The van der Waals surface area contributed by atoms with Gasteiger partial charge in [-0.1, -0.05) is 6.92 Å². The number of likely N-dealkylation sites (tertiary alicyclic amines) is 1. The Bertz CT molecular complexity index is 546. The van der Waals surface area contributed by atoms with Crippen LogP contribution in [0, 0.1) is 5.92 Å². The number of nitrogens with one attached hydrogen (secondary N) is 1. The Balaban J connectivity index is 2.06. The molecule has 1 N–H and O–H groups in total. The fourth-order valence-electron chi connectivity index (χ4n) is 3.78. The van der Waals surface area contributed by atoms with Crippen molar-refractivity contribution in [2.24, 2.45) is 5.92 Å². The number of sulfonamides is 1. The number of hydrogen-bond acceptors (Lipinski definition) is 5. The maximum Gasteiger partial charge on any atom is 0.410 e. The third-order valence-corrected chi connectivity index (χ3v) is 6.88. The minimum Gasteiger partial charge on any atom is -0.450 e. The number of carbonyl (C=O) groups excluding carboxylic acids is 1. The van der Waals surface area contributed by atoms with Gasteiger partial charge < -0.3 is 14.4 Å². The fourth-order valence-corrected chi connectivity index (χ4v) is 4.68. The molecule has 1 saturated carbocycles. The minimum atomic E-state index is -3.35. The minimum absolute atomic E-state index is 0.0248. The van der Waals surface area contributed by atoms with Crippen LogP contribution in [-0.2, 0) is 19.5 Å². The second-order valence-electron chi connectivity index (χ2n) is 7.44. The zero-order valence-electron chi connectivity index (χ0n) is 16.3. The summed E-state index contributed by atoms with van der Waals surface area (Å²) in [5, 5.41) is 0. The van der Waals surface area contributed by atoms with Gasteiger partial charge in [0.2, 0.25) is 10.0 Å². The summed E-state index contributed by atoms with van der Waals surface area (Å²) in [6.45, 7) is 6.86. The topological polar surface area (TPSA) is 84.9 Å². The largest absolute Gasteiger partial charge is 0.450 e. The number of amides is 1. The zero-order chi connectivity index (χ0) is 19.2. The molecule has 2 rings (SSSR count). The van der Waals surface area contributed by atoms with Crippen LogP contribution in [0.1, 0.15) is 59.3 Å². The molecule has 1 aliphatic heterocycles. The summed E-state index contributed by atoms with van der Waals surface area (Å²) in [6.07, 6.45) is 5.61. The molecule has 26 heavy (non-hydrogen) atoms. The molecule has 1 heterocycles. The lowest BCUT2D eigenvalue weighted by Gasteiger charge is -2.41. The highest BCUT2D eigenvalue weighted by Gasteiger charge is 2.37. The van der Waals surface area contributed by atoms with E-state index in [2.05, 4.69) is 11.6 Å². The van der Waals surface area contributed by atoms with Crippen molar-refractivity contribution in [2.75, 3.05) is 25.5 Å². The predicted octanol–water partition coefficient (Wildman–Crippen LogP) is 2.51. The van der Waals surface area contributed by atoms with Gasteiger partial charge in [-0.25, -0.2) is 17.9 Å². The van der Waals surface area contributed by atoms with Crippen LogP contribution < -0.4 is 4.72 Å². The van der Waals surface area contributed by atoms with Crippen LogP contribution >= 0.6 is 0 Å². The van der Waals surface area contributed by atoms with E-state index < -0.39 is 16.1 Å². The van der Waals surface area contributed by atoms with Crippen molar-refractivity contribution in [2.45, 2.75) is 77.5 Å². The van der Waals surface area contributed by atoms with E-state index in [0.717, 1.165) is 38.0 Å². The number of hydrogen-bond donors (Lipinski definition) is 1. The van der Waals surface area contributed by atoms with Crippen LogP contribution in [0.25, 0.3) is 0 Å². The van der Waals surface area contributed by atoms with Crippen LogP contribution in [-0.4, -0.2) is 63.1 Å². The first-order chi connectivity index (χ1) is 12.4. The number of carbonyl (C=O) groups is 1. The smallest absolute Gasteiger partial charge is 0.410 e. The van der Waals surface area contributed by atoms with Gasteiger partial charge in [0.15, 0.2) is 0 Å². The second-order valence-corrected chi connectivity index (χ2v) is 9.49. The van der Waals surface area contributed by atoms with Gasteiger partial charge in [0.25, 0.3) is 0 Å². The van der Waals surface area contributed by atoms with Crippen molar-refractivity contribution in [1.29, 1.82) is 0 Å². The first kappa shape index (κ1) is 21.4. The Labute approximate surface area is 157 Å². The molecule has 0 aromatic rings. The van der Waals surface area contributed by atoms with E-state index in [1.165, 1.54) is 0 Å². The monoisotopic (exact) mass is 390 g/mol. The van der Waals surface area contributed by atoms with E-state index in [1.807, 2.05) is 0 Å². The molecule has 0 bridgehead atoms. The molecule has 2 aliphatic rings. The average Bonchev–Trinajstić information content (AvgIpc) is 2.61. The van der Waals surface area contributed by atoms with E-state index in [4.69, 9.17) is 9.47 Å². The Hall–Kier alpha value is -0.860. The molecule has 1 aliphatic carbocycles. The summed E-state index contributed by atoms with van der Waals surface area (Å²) in [5.41, 5.74) is 0. The molecule has 2 unspecified atom stereocenters. The summed E-state index contributed by atoms with van der Waals surface area (Å²) >= 11 is 0. The molecular formula is C18H34N2O5S. The first-order valence-corrected chi connectivity index (χ1v) is 11.6. The van der Waals surface area contributed by atoms with E-state index in [1.54, 1.807) is 18.7 Å². The van der Waals surface area contributed by atoms with Crippen molar-refractivity contribution in [3.8, 4) is 0 Å².